The first-order valence-corrected chi connectivity index (χ1v) is 9.19. The Balaban J connectivity index is 0.00000225. The monoisotopic (exact) mass is 456 g/mol. The first-order valence-electron chi connectivity index (χ1n) is 9.19. The number of benzene rings is 1. The van der Waals surface area contributed by atoms with Gasteiger partial charge < -0.3 is 16.0 Å². The number of nitrogens with two attached hydrogens (primary N) is 1. The van der Waals surface area contributed by atoms with Crippen molar-refractivity contribution in [3.05, 3.63) is 29.8 Å². The average Bonchev–Trinajstić information content (AvgIpc) is 3.03. The van der Waals surface area contributed by atoms with E-state index in [1.807, 2.05) is 23.1 Å². The number of nitrogens with zero attached hydrogens (tertiary/aromatic N) is 2. The lowest BCUT2D eigenvalue weighted by atomic mass is 9.96. The van der Waals surface area contributed by atoms with Gasteiger partial charge in [-0.3, -0.25) is 9.79 Å². The summed E-state index contributed by atoms with van der Waals surface area (Å²) in [4.78, 5) is 18.7. The van der Waals surface area contributed by atoms with Gasteiger partial charge in [-0.2, -0.15) is 0 Å². The number of hydrogen-bond donors (Lipinski definition) is 2. The van der Waals surface area contributed by atoms with Crippen molar-refractivity contribution in [1.82, 2.24) is 5.32 Å². The number of anilines is 1. The van der Waals surface area contributed by atoms with Gasteiger partial charge in [0, 0.05) is 31.2 Å². The Morgan fingerprint density at radius 3 is 2.80 bits per heavy atom. The minimum absolute atomic E-state index is 0. The Morgan fingerprint density at radius 1 is 1.24 bits per heavy atom. The largest absolute Gasteiger partial charge is 0.370 e. The highest BCUT2D eigenvalue weighted by atomic mass is 127. The molecule has 1 aromatic carbocycles. The molecule has 0 atom stereocenters. The zero-order valence-corrected chi connectivity index (χ0v) is 17.1. The molecule has 3 N–H and O–H groups in total. The van der Waals surface area contributed by atoms with E-state index < -0.39 is 0 Å². The maximum absolute atomic E-state index is 12.4. The molecule has 0 saturated heterocycles. The molecule has 1 aliphatic carbocycles. The van der Waals surface area contributed by atoms with Gasteiger partial charge in [0.15, 0.2) is 5.96 Å². The second-order valence-electron chi connectivity index (χ2n) is 6.77. The van der Waals surface area contributed by atoms with Gasteiger partial charge >= 0.3 is 0 Å². The molecule has 3 rings (SSSR count). The predicted octanol–water partition coefficient (Wildman–Crippen LogP) is 3.21. The summed E-state index contributed by atoms with van der Waals surface area (Å²) >= 11 is 0. The molecule has 25 heavy (non-hydrogen) atoms. The van der Waals surface area contributed by atoms with Crippen molar-refractivity contribution >= 4 is 41.5 Å². The van der Waals surface area contributed by atoms with Crippen molar-refractivity contribution < 1.29 is 4.79 Å². The van der Waals surface area contributed by atoms with Gasteiger partial charge in [0.2, 0.25) is 5.91 Å². The smallest absolute Gasteiger partial charge is 0.227 e. The van der Waals surface area contributed by atoms with Crippen molar-refractivity contribution in [3.8, 4) is 0 Å². The summed E-state index contributed by atoms with van der Waals surface area (Å²) in [5.74, 6) is 0.717. The average molecular weight is 456 g/mol. The topological polar surface area (TPSA) is 70.7 Å². The van der Waals surface area contributed by atoms with Crippen LogP contribution in [-0.2, 0) is 11.2 Å². The van der Waals surface area contributed by atoms with Gasteiger partial charge in [-0.25, -0.2) is 0 Å². The van der Waals surface area contributed by atoms with E-state index in [4.69, 9.17) is 5.73 Å². The highest BCUT2D eigenvalue weighted by Crippen LogP contribution is 2.28. The number of carbonyl (C=O) groups excluding carboxylic acids is 1. The van der Waals surface area contributed by atoms with Crippen LogP contribution in [0.2, 0.25) is 0 Å². The fourth-order valence-electron chi connectivity index (χ4n) is 3.66. The molecule has 5 nitrogen and oxygen atoms in total. The lowest BCUT2D eigenvalue weighted by Gasteiger charge is -2.23. The first-order chi connectivity index (χ1) is 11.7. The van der Waals surface area contributed by atoms with Crippen molar-refractivity contribution in [3.63, 3.8) is 0 Å². The number of nitrogens with one attached hydrogen (secondary N) is 1. The summed E-state index contributed by atoms with van der Waals surface area (Å²) < 4.78 is 0. The minimum atomic E-state index is 0. The van der Waals surface area contributed by atoms with Crippen LogP contribution in [0.25, 0.3) is 0 Å². The van der Waals surface area contributed by atoms with Crippen molar-refractivity contribution in [2.45, 2.75) is 57.4 Å². The van der Waals surface area contributed by atoms with Crippen LogP contribution >= 0.6 is 24.0 Å². The van der Waals surface area contributed by atoms with Gasteiger partial charge in [-0.05, 0) is 37.3 Å². The lowest BCUT2D eigenvalue weighted by molar-refractivity contribution is -0.118. The van der Waals surface area contributed by atoms with Crippen LogP contribution in [0, 0.1) is 0 Å². The summed E-state index contributed by atoms with van der Waals surface area (Å²) in [5, 5.41) is 3.31. The van der Waals surface area contributed by atoms with Gasteiger partial charge in [0.05, 0.1) is 0 Å². The number of carbonyl (C=O) groups is 1. The summed E-state index contributed by atoms with van der Waals surface area (Å²) in [6.07, 6.45) is 8.47. The molecule has 138 valence electrons. The zero-order chi connectivity index (χ0) is 16.8. The summed E-state index contributed by atoms with van der Waals surface area (Å²) in [7, 11) is 0. The third-order valence-corrected chi connectivity index (χ3v) is 4.98. The molecule has 0 unspecified atom stereocenters. The molecule has 1 fully saturated rings. The third-order valence-electron chi connectivity index (χ3n) is 4.98. The fourth-order valence-corrected chi connectivity index (χ4v) is 3.66. The summed E-state index contributed by atoms with van der Waals surface area (Å²) in [6.45, 7) is 1.40. The molecule has 0 aromatic heterocycles. The van der Waals surface area contributed by atoms with Crippen LogP contribution in [0.5, 0.6) is 0 Å². The van der Waals surface area contributed by atoms with Gasteiger partial charge in [-0.15, -0.1) is 24.0 Å². The Bertz CT molecular complexity index is 599. The van der Waals surface area contributed by atoms with Crippen LogP contribution in [0.4, 0.5) is 5.69 Å². The maximum Gasteiger partial charge on any atom is 0.227 e. The summed E-state index contributed by atoms with van der Waals surface area (Å²) in [5.41, 5.74) is 8.29. The number of rotatable bonds is 5. The van der Waals surface area contributed by atoms with E-state index >= 15 is 0 Å². The number of guanidine groups is 1. The van der Waals surface area contributed by atoms with Crippen molar-refractivity contribution in [2.75, 3.05) is 18.0 Å². The molecule has 6 heteroatoms. The number of halogens is 1. The van der Waals surface area contributed by atoms with E-state index in [1.165, 1.54) is 37.7 Å². The predicted molar refractivity (Wildman–Crippen MR) is 114 cm³/mol. The Hall–Kier alpha value is -1.31. The minimum Gasteiger partial charge on any atom is -0.370 e. The number of hydrogen-bond acceptors (Lipinski definition) is 2. The molecule has 0 radical (unpaired) electrons. The Labute approximate surface area is 167 Å². The van der Waals surface area contributed by atoms with Crippen molar-refractivity contribution in [2.24, 2.45) is 10.7 Å². The number of aliphatic imine (C=N–C) groups is 1. The molecule has 2 aliphatic rings. The molecule has 1 aromatic rings. The van der Waals surface area contributed by atoms with Crippen molar-refractivity contribution in [1.29, 1.82) is 0 Å². The number of para-hydroxylation sites is 1. The SMILES string of the molecule is I.NC(=NCCCC(=O)N1CCc2ccccc21)NC1CCCCC1. The van der Waals surface area contributed by atoms with Crippen LogP contribution in [0.1, 0.15) is 50.5 Å². The van der Waals surface area contributed by atoms with Gasteiger partial charge in [-0.1, -0.05) is 37.5 Å². The molecule has 1 saturated carbocycles. The Morgan fingerprint density at radius 2 is 2.00 bits per heavy atom. The van der Waals surface area contributed by atoms with E-state index in [0.29, 0.717) is 25.0 Å². The fraction of sp³-hybridized carbons (Fsp3) is 0.579. The molecule has 1 amide bonds. The van der Waals surface area contributed by atoms with E-state index in [9.17, 15) is 4.79 Å². The highest BCUT2D eigenvalue weighted by molar-refractivity contribution is 14.0. The molecular weight excluding hydrogens is 427 g/mol. The van der Waals surface area contributed by atoms with Crippen LogP contribution in [0.3, 0.4) is 0 Å². The zero-order valence-electron chi connectivity index (χ0n) is 14.7. The second-order valence-corrected chi connectivity index (χ2v) is 6.77. The van der Waals surface area contributed by atoms with Crippen LogP contribution < -0.4 is 16.0 Å². The van der Waals surface area contributed by atoms with E-state index in [2.05, 4.69) is 16.4 Å². The van der Waals surface area contributed by atoms with E-state index in [-0.39, 0.29) is 29.9 Å². The second kappa shape index (κ2) is 9.99. The Kier molecular flexibility index (Phi) is 7.99. The molecule has 1 heterocycles. The summed E-state index contributed by atoms with van der Waals surface area (Å²) in [6, 6.07) is 8.63. The normalized spacial score (nSPS) is 17.8. The molecule has 0 spiro atoms. The first kappa shape index (κ1) is 20.0. The maximum atomic E-state index is 12.4. The van der Waals surface area contributed by atoms with E-state index in [1.54, 1.807) is 0 Å². The highest BCUT2D eigenvalue weighted by Gasteiger charge is 2.23. The van der Waals surface area contributed by atoms with Crippen LogP contribution in [0.15, 0.2) is 29.3 Å². The number of fused-ring (bicyclic) bond motifs is 1. The quantitative estimate of drug-likeness (QED) is 0.310. The molecular formula is C19H29IN4O. The lowest BCUT2D eigenvalue weighted by Crippen LogP contribution is -2.41. The number of amides is 1. The standard InChI is InChI=1S/C19H28N4O.HI/c20-19(22-16-8-2-1-3-9-16)21-13-6-11-18(24)23-14-12-15-7-4-5-10-17(15)23;/h4-5,7,10,16H,1-3,6,8-9,11-14H2,(H3,20,21,22);1H. The third kappa shape index (κ3) is 5.59. The van der Waals surface area contributed by atoms with Crippen LogP contribution in [-0.4, -0.2) is 31.0 Å². The van der Waals surface area contributed by atoms with Gasteiger partial charge in [0.1, 0.15) is 0 Å². The molecule has 1 aliphatic heterocycles. The van der Waals surface area contributed by atoms with E-state index in [0.717, 1.165) is 25.1 Å². The van der Waals surface area contributed by atoms with Gasteiger partial charge in [0.25, 0.3) is 0 Å². The molecule has 0 bridgehead atoms.